The minimum atomic E-state index is -5.11. The molecule has 18 heteroatoms. The van der Waals surface area contributed by atoms with E-state index in [-0.39, 0.29) is 30.5 Å². The Labute approximate surface area is 257 Å². The molecule has 2 aromatic carbocycles. The highest BCUT2D eigenvalue weighted by Gasteiger charge is 2.37. The van der Waals surface area contributed by atoms with Gasteiger partial charge in [-0.05, 0) is 71.5 Å². The monoisotopic (exact) mass is 670 g/mol. The number of carbonyl (C=O) groups is 1. The van der Waals surface area contributed by atoms with Gasteiger partial charge < -0.3 is 19.6 Å². The summed E-state index contributed by atoms with van der Waals surface area (Å²) in [4.78, 5) is 15.2. The Hall–Kier alpha value is -4.25. The topological polar surface area (TPSA) is 96.6 Å². The summed E-state index contributed by atoms with van der Waals surface area (Å²) < 4.78 is 125. The standard InChI is InChI=1S/C28H31F9N6O3/c1-5-42(9-8-25(2,3)14-23(44)45)22-7-6-21(46-28(35,36)37)12-18(22)16-43(24-38-40-41(4)39-24)15-17-10-19(26(29,30)31)13-20(11-17)27(32,33)34/h6-7,10-13H,5,8-9,14-16H2,1-4H3,(H,44,45). The molecule has 0 amide bonds. The number of hydrogen-bond acceptors (Lipinski definition) is 7. The molecule has 0 atom stereocenters. The summed E-state index contributed by atoms with van der Waals surface area (Å²) in [6, 6.07) is 4.49. The van der Waals surface area contributed by atoms with Crippen molar-refractivity contribution in [3.63, 3.8) is 0 Å². The Morgan fingerprint density at radius 3 is 2.00 bits per heavy atom. The van der Waals surface area contributed by atoms with E-state index in [1.54, 1.807) is 25.7 Å². The number of aromatic nitrogens is 4. The number of ether oxygens (including phenoxy) is 1. The second-order valence-corrected chi connectivity index (χ2v) is 11.3. The third-order valence-electron chi connectivity index (χ3n) is 6.86. The van der Waals surface area contributed by atoms with E-state index in [9.17, 15) is 49.4 Å². The molecule has 0 aliphatic rings. The minimum absolute atomic E-state index is 0.0184. The van der Waals surface area contributed by atoms with E-state index in [0.717, 1.165) is 16.9 Å². The van der Waals surface area contributed by atoms with Crippen LogP contribution >= 0.6 is 0 Å². The van der Waals surface area contributed by atoms with E-state index in [1.165, 1.54) is 18.0 Å². The van der Waals surface area contributed by atoms with Gasteiger partial charge in [0.15, 0.2) is 0 Å². The largest absolute Gasteiger partial charge is 0.573 e. The number of tetrazole rings is 1. The number of anilines is 2. The molecule has 0 spiro atoms. The molecule has 0 fully saturated rings. The first-order valence-corrected chi connectivity index (χ1v) is 13.7. The molecule has 3 aromatic rings. The SMILES string of the molecule is CCN(CCC(C)(C)CC(=O)O)c1ccc(OC(F)(F)F)cc1CN(Cc1cc(C(F)(F)F)cc(C(F)(F)F)c1)c1nnn(C)n1. The molecular formula is C28H31F9N6O3. The van der Waals surface area contributed by atoms with Crippen LogP contribution in [0.15, 0.2) is 36.4 Å². The van der Waals surface area contributed by atoms with Gasteiger partial charge in [-0.1, -0.05) is 18.9 Å². The Balaban J connectivity index is 2.11. The number of aliphatic carboxylic acids is 1. The van der Waals surface area contributed by atoms with Crippen molar-refractivity contribution in [1.82, 2.24) is 20.2 Å². The van der Waals surface area contributed by atoms with Crippen LogP contribution in [-0.4, -0.2) is 50.7 Å². The lowest BCUT2D eigenvalue weighted by Gasteiger charge is -2.32. The van der Waals surface area contributed by atoms with Crippen molar-refractivity contribution in [1.29, 1.82) is 0 Å². The highest BCUT2D eigenvalue weighted by molar-refractivity contribution is 5.67. The summed E-state index contributed by atoms with van der Waals surface area (Å²) in [5, 5.41) is 20.8. The molecular weight excluding hydrogens is 639 g/mol. The van der Waals surface area contributed by atoms with Crippen LogP contribution in [0, 0.1) is 5.41 Å². The summed E-state index contributed by atoms with van der Waals surface area (Å²) in [6.45, 7) is 4.76. The Bertz CT molecular complexity index is 1470. The van der Waals surface area contributed by atoms with E-state index in [2.05, 4.69) is 20.1 Å². The Morgan fingerprint density at radius 1 is 0.913 bits per heavy atom. The second kappa shape index (κ2) is 13.6. The highest BCUT2D eigenvalue weighted by atomic mass is 19.4. The van der Waals surface area contributed by atoms with Crippen LogP contribution in [0.1, 0.15) is 55.9 Å². The molecule has 46 heavy (non-hydrogen) atoms. The van der Waals surface area contributed by atoms with Gasteiger partial charge >= 0.3 is 24.7 Å². The van der Waals surface area contributed by atoms with Crippen molar-refractivity contribution in [2.75, 3.05) is 22.9 Å². The van der Waals surface area contributed by atoms with Crippen molar-refractivity contribution in [2.24, 2.45) is 12.5 Å². The summed E-state index contributed by atoms with van der Waals surface area (Å²) in [6.07, 6.45) is -15.1. The van der Waals surface area contributed by atoms with Gasteiger partial charge in [-0.25, -0.2) is 0 Å². The second-order valence-electron chi connectivity index (χ2n) is 11.3. The average molecular weight is 671 g/mol. The van der Waals surface area contributed by atoms with Crippen LogP contribution in [-0.2, 0) is 37.3 Å². The third kappa shape index (κ3) is 10.4. The number of carboxylic acid groups (broad SMARTS) is 1. The molecule has 0 radical (unpaired) electrons. The molecule has 0 bridgehead atoms. The van der Waals surface area contributed by atoms with Crippen LogP contribution in [0.3, 0.4) is 0 Å². The summed E-state index contributed by atoms with van der Waals surface area (Å²) >= 11 is 0. The van der Waals surface area contributed by atoms with Crippen LogP contribution < -0.4 is 14.5 Å². The van der Waals surface area contributed by atoms with Crippen molar-refractivity contribution < 1.29 is 54.2 Å². The number of benzene rings is 2. The van der Waals surface area contributed by atoms with Crippen molar-refractivity contribution in [2.45, 2.75) is 65.4 Å². The maximum Gasteiger partial charge on any atom is 0.573 e. The predicted octanol–water partition coefficient (Wildman–Crippen LogP) is 7.07. The first-order valence-electron chi connectivity index (χ1n) is 13.7. The van der Waals surface area contributed by atoms with E-state index in [0.29, 0.717) is 30.8 Å². The summed E-state index contributed by atoms with van der Waals surface area (Å²) in [5.41, 5.74) is -3.69. The van der Waals surface area contributed by atoms with Gasteiger partial charge in [0.05, 0.1) is 24.6 Å². The number of rotatable bonds is 13. The van der Waals surface area contributed by atoms with Crippen LogP contribution in [0.2, 0.25) is 0 Å². The van der Waals surface area contributed by atoms with Gasteiger partial charge in [0.25, 0.3) is 5.95 Å². The number of halogens is 9. The lowest BCUT2D eigenvalue weighted by atomic mass is 9.85. The zero-order chi connectivity index (χ0) is 34.7. The van der Waals surface area contributed by atoms with Crippen molar-refractivity contribution >= 4 is 17.6 Å². The van der Waals surface area contributed by atoms with Crippen molar-refractivity contribution in [3.8, 4) is 5.75 Å². The maximum atomic E-state index is 13.6. The quantitative estimate of drug-likeness (QED) is 0.193. The number of hydrogen-bond donors (Lipinski definition) is 1. The lowest BCUT2D eigenvalue weighted by molar-refractivity contribution is -0.274. The first-order chi connectivity index (χ1) is 21.1. The predicted molar refractivity (Wildman–Crippen MR) is 147 cm³/mol. The summed E-state index contributed by atoms with van der Waals surface area (Å²) in [5.74, 6) is -1.87. The molecule has 1 N–H and O–H groups in total. The van der Waals surface area contributed by atoms with Gasteiger partial charge in [0.1, 0.15) is 5.75 Å². The van der Waals surface area contributed by atoms with Gasteiger partial charge in [0.2, 0.25) is 0 Å². The van der Waals surface area contributed by atoms with Gasteiger partial charge in [-0.3, -0.25) is 4.79 Å². The van der Waals surface area contributed by atoms with Crippen LogP contribution in [0.4, 0.5) is 51.1 Å². The van der Waals surface area contributed by atoms with Gasteiger partial charge in [-0.15, -0.1) is 18.3 Å². The third-order valence-corrected chi connectivity index (χ3v) is 6.86. The molecule has 9 nitrogen and oxygen atoms in total. The molecule has 3 rings (SSSR count). The molecule has 1 heterocycles. The van der Waals surface area contributed by atoms with Crippen LogP contribution in [0.25, 0.3) is 0 Å². The molecule has 0 aliphatic carbocycles. The highest BCUT2D eigenvalue weighted by Crippen LogP contribution is 2.38. The number of aryl methyl sites for hydroxylation is 1. The zero-order valence-corrected chi connectivity index (χ0v) is 25.1. The fraction of sp³-hybridized carbons (Fsp3) is 0.500. The molecule has 1 aromatic heterocycles. The minimum Gasteiger partial charge on any atom is -0.481 e. The van der Waals surface area contributed by atoms with Gasteiger partial charge in [-0.2, -0.15) is 31.1 Å². The number of alkyl halides is 9. The van der Waals surface area contributed by atoms with Crippen molar-refractivity contribution in [3.05, 3.63) is 58.7 Å². The van der Waals surface area contributed by atoms with Gasteiger partial charge in [0, 0.05) is 31.9 Å². The van der Waals surface area contributed by atoms with E-state index in [1.807, 2.05) is 0 Å². The van der Waals surface area contributed by atoms with E-state index < -0.39 is 65.6 Å². The first kappa shape index (κ1) is 36.2. The van der Waals surface area contributed by atoms with E-state index >= 15 is 0 Å². The smallest absolute Gasteiger partial charge is 0.481 e. The fourth-order valence-corrected chi connectivity index (χ4v) is 4.71. The zero-order valence-electron chi connectivity index (χ0n) is 25.1. The molecule has 0 saturated heterocycles. The average Bonchev–Trinajstić information content (AvgIpc) is 3.33. The lowest BCUT2D eigenvalue weighted by Crippen LogP contribution is -2.31. The molecule has 0 unspecified atom stereocenters. The number of carboxylic acids is 1. The maximum absolute atomic E-state index is 13.6. The molecule has 0 aliphatic heterocycles. The Morgan fingerprint density at radius 2 is 1.52 bits per heavy atom. The van der Waals surface area contributed by atoms with E-state index in [4.69, 9.17) is 0 Å². The summed E-state index contributed by atoms with van der Waals surface area (Å²) in [7, 11) is 1.36. The fourth-order valence-electron chi connectivity index (χ4n) is 4.71. The molecule has 254 valence electrons. The molecule has 0 saturated carbocycles. The van der Waals surface area contributed by atoms with Crippen LogP contribution in [0.5, 0.6) is 5.75 Å². The Kier molecular flexibility index (Phi) is 10.7. The number of nitrogens with zero attached hydrogens (tertiary/aromatic N) is 6. The normalized spacial score (nSPS) is 12.7.